The highest BCUT2D eigenvalue weighted by molar-refractivity contribution is 5.35. The Balaban J connectivity index is 2.85. The Morgan fingerprint density at radius 1 is 1.50 bits per heavy atom. The minimum Gasteiger partial charge on any atom is -0.327 e. The van der Waals surface area contributed by atoms with E-state index in [1.165, 1.54) is 6.07 Å². The van der Waals surface area contributed by atoms with E-state index in [1.807, 2.05) is 13.8 Å². The van der Waals surface area contributed by atoms with Crippen LogP contribution in [0.1, 0.15) is 25.2 Å². The van der Waals surface area contributed by atoms with Gasteiger partial charge in [-0.15, -0.1) is 0 Å². The lowest BCUT2D eigenvalue weighted by atomic mass is 10.00. The standard InChI is InChI=1S/C11H17N3O2/c1-7(2)10(12)6-9-4-5-11(14(15)16)8(3)13-9/h4-5,7,10H,6,12H2,1-3H3. The first-order chi connectivity index (χ1) is 7.41. The first-order valence-corrected chi connectivity index (χ1v) is 5.28. The van der Waals surface area contributed by atoms with Crippen molar-refractivity contribution in [3.63, 3.8) is 0 Å². The van der Waals surface area contributed by atoms with Gasteiger partial charge in [-0.05, 0) is 18.9 Å². The van der Waals surface area contributed by atoms with Gasteiger partial charge in [-0.2, -0.15) is 0 Å². The molecule has 0 radical (unpaired) electrons. The summed E-state index contributed by atoms with van der Waals surface area (Å²) < 4.78 is 0. The summed E-state index contributed by atoms with van der Waals surface area (Å²) in [6, 6.07) is 3.20. The summed E-state index contributed by atoms with van der Waals surface area (Å²) in [4.78, 5) is 14.4. The van der Waals surface area contributed by atoms with Crippen molar-refractivity contribution in [3.05, 3.63) is 33.6 Å². The third kappa shape index (κ3) is 3.00. The van der Waals surface area contributed by atoms with Crippen LogP contribution >= 0.6 is 0 Å². The number of rotatable bonds is 4. The second-order valence-electron chi connectivity index (χ2n) is 4.28. The molecule has 5 nitrogen and oxygen atoms in total. The van der Waals surface area contributed by atoms with Crippen LogP contribution in [0.15, 0.2) is 12.1 Å². The average Bonchev–Trinajstić information content (AvgIpc) is 2.16. The Kier molecular flexibility index (Phi) is 3.95. The van der Waals surface area contributed by atoms with Crippen molar-refractivity contribution in [3.8, 4) is 0 Å². The Labute approximate surface area is 94.8 Å². The molecule has 0 aliphatic carbocycles. The van der Waals surface area contributed by atoms with Crippen LogP contribution in [0.5, 0.6) is 0 Å². The lowest BCUT2D eigenvalue weighted by molar-refractivity contribution is -0.385. The molecule has 88 valence electrons. The first kappa shape index (κ1) is 12.6. The van der Waals surface area contributed by atoms with Crippen LogP contribution in [0.3, 0.4) is 0 Å². The first-order valence-electron chi connectivity index (χ1n) is 5.28. The van der Waals surface area contributed by atoms with Gasteiger partial charge in [0.25, 0.3) is 5.69 Å². The van der Waals surface area contributed by atoms with E-state index < -0.39 is 4.92 Å². The molecule has 16 heavy (non-hydrogen) atoms. The van der Waals surface area contributed by atoms with Gasteiger partial charge < -0.3 is 5.73 Å². The minimum atomic E-state index is -0.422. The van der Waals surface area contributed by atoms with E-state index in [4.69, 9.17) is 5.73 Å². The summed E-state index contributed by atoms with van der Waals surface area (Å²) in [7, 11) is 0. The molecule has 1 atom stereocenters. The van der Waals surface area contributed by atoms with Gasteiger partial charge >= 0.3 is 0 Å². The topological polar surface area (TPSA) is 82.0 Å². The molecule has 1 heterocycles. The number of hydrogen-bond donors (Lipinski definition) is 1. The Hall–Kier alpha value is -1.49. The van der Waals surface area contributed by atoms with E-state index in [-0.39, 0.29) is 11.7 Å². The molecule has 1 aromatic rings. The number of nitro groups is 1. The van der Waals surface area contributed by atoms with Crippen LogP contribution in [0.2, 0.25) is 0 Å². The van der Waals surface area contributed by atoms with Gasteiger partial charge in [0.15, 0.2) is 0 Å². The molecule has 1 unspecified atom stereocenters. The Morgan fingerprint density at radius 2 is 2.12 bits per heavy atom. The number of aromatic nitrogens is 1. The fourth-order valence-electron chi connectivity index (χ4n) is 1.39. The predicted octanol–water partition coefficient (Wildman–Crippen LogP) is 1.82. The predicted molar refractivity (Wildman–Crippen MR) is 62.1 cm³/mol. The van der Waals surface area contributed by atoms with Crippen LogP contribution < -0.4 is 5.73 Å². The van der Waals surface area contributed by atoms with Gasteiger partial charge in [-0.25, -0.2) is 0 Å². The summed E-state index contributed by atoms with van der Waals surface area (Å²) in [5, 5.41) is 10.6. The maximum atomic E-state index is 10.6. The van der Waals surface area contributed by atoms with Crippen molar-refractivity contribution in [2.24, 2.45) is 11.7 Å². The summed E-state index contributed by atoms with van der Waals surface area (Å²) >= 11 is 0. The number of pyridine rings is 1. The van der Waals surface area contributed by atoms with Crippen LogP contribution in [0, 0.1) is 23.0 Å². The number of hydrogen-bond acceptors (Lipinski definition) is 4. The highest BCUT2D eigenvalue weighted by atomic mass is 16.6. The Bertz CT molecular complexity index is 391. The number of nitrogens with zero attached hydrogens (tertiary/aromatic N) is 2. The molecule has 0 aliphatic rings. The van der Waals surface area contributed by atoms with Crippen LogP contribution in [-0.2, 0) is 6.42 Å². The van der Waals surface area contributed by atoms with Crippen molar-refractivity contribution in [2.45, 2.75) is 33.2 Å². The summed E-state index contributed by atoms with van der Waals surface area (Å²) in [6.07, 6.45) is 0.649. The Morgan fingerprint density at radius 3 is 2.56 bits per heavy atom. The fraction of sp³-hybridized carbons (Fsp3) is 0.545. The summed E-state index contributed by atoms with van der Waals surface area (Å²) in [5.41, 5.74) is 7.23. The van der Waals surface area contributed by atoms with Crippen LogP contribution in [0.4, 0.5) is 5.69 Å². The third-order valence-electron chi connectivity index (χ3n) is 2.61. The minimum absolute atomic E-state index is 0.0355. The zero-order chi connectivity index (χ0) is 12.3. The van der Waals surface area contributed by atoms with Crippen molar-refractivity contribution < 1.29 is 4.92 Å². The van der Waals surface area contributed by atoms with E-state index in [0.717, 1.165) is 5.69 Å². The fourth-order valence-corrected chi connectivity index (χ4v) is 1.39. The molecule has 0 fully saturated rings. The van der Waals surface area contributed by atoms with Crippen molar-refractivity contribution in [1.29, 1.82) is 0 Å². The average molecular weight is 223 g/mol. The highest BCUT2D eigenvalue weighted by Crippen LogP contribution is 2.16. The van der Waals surface area contributed by atoms with Gasteiger partial charge in [0, 0.05) is 24.2 Å². The summed E-state index contributed by atoms with van der Waals surface area (Å²) in [5.74, 6) is 0.372. The lowest BCUT2D eigenvalue weighted by Gasteiger charge is -2.14. The third-order valence-corrected chi connectivity index (χ3v) is 2.61. The normalized spacial score (nSPS) is 12.8. The van der Waals surface area contributed by atoms with E-state index in [1.54, 1.807) is 13.0 Å². The van der Waals surface area contributed by atoms with E-state index >= 15 is 0 Å². The molecule has 1 aromatic heterocycles. The molecule has 0 saturated heterocycles. The quantitative estimate of drug-likeness (QED) is 0.623. The molecular weight excluding hydrogens is 206 g/mol. The molecule has 1 rings (SSSR count). The molecule has 5 heteroatoms. The van der Waals surface area contributed by atoms with E-state index in [0.29, 0.717) is 18.0 Å². The van der Waals surface area contributed by atoms with Gasteiger partial charge in [0.2, 0.25) is 0 Å². The summed E-state index contributed by atoms with van der Waals surface area (Å²) in [6.45, 7) is 5.73. The molecule has 0 aromatic carbocycles. The lowest BCUT2D eigenvalue weighted by Crippen LogP contribution is -2.29. The molecule has 0 aliphatic heterocycles. The van der Waals surface area contributed by atoms with Crippen molar-refractivity contribution in [1.82, 2.24) is 4.98 Å². The van der Waals surface area contributed by atoms with Gasteiger partial charge in [-0.1, -0.05) is 13.8 Å². The number of aryl methyl sites for hydroxylation is 1. The van der Waals surface area contributed by atoms with Gasteiger partial charge in [0.1, 0.15) is 5.69 Å². The zero-order valence-corrected chi connectivity index (χ0v) is 9.80. The molecule has 0 spiro atoms. The smallest absolute Gasteiger partial charge is 0.290 e. The highest BCUT2D eigenvalue weighted by Gasteiger charge is 2.14. The molecule has 0 amide bonds. The second kappa shape index (κ2) is 5.03. The van der Waals surface area contributed by atoms with Crippen LogP contribution in [0.25, 0.3) is 0 Å². The molecular formula is C11H17N3O2. The molecule has 0 bridgehead atoms. The SMILES string of the molecule is Cc1nc(CC(N)C(C)C)ccc1[N+](=O)[O-]. The van der Waals surface area contributed by atoms with E-state index in [2.05, 4.69) is 4.98 Å². The van der Waals surface area contributed by atoms with Gasteiger partial charge in [-0.3, -0.25) is 15.1 Å². The molecule has 0 saturated carbocycles. The zero-order valence-electron chi connectivity index (χ0n) is 9.80. The van der Waals surface area contributed by atoms with Crippen molar-refractivity contribution in [2.75, 3.05) is 0 Å². The number of nitrogens with two attached hydrogens (primary N) is 1. The van der Waals surface area contributed by atoms with Gasteiger partial charge in [0.05, 0.1) is 4.92 Å². The van der Waals surface area contributed by atoms with Crippen molar-refractivity contribution >= 4 is 5.69 Å². The molecule has 2 N–H and O–H groups in total. The maximum Gasteiger partial charge on any atom is 0.290 e. The van der Waals surface area contributed by atoms with E-state index in [9.17, 15) is 10.1 Å². The van der Waals surface area contributed by atoms with Crippen LogP contribution in [-0.4, -0.2) is 15.9 Å². The monoisotopic (exact) mass is 223 g/mol. The maximum absolute atomic E-state index is 10.6. The second-order valence-corrected chi connectivity index (χ2v) is 4.28. The largest absolute Gasteiger partial charge is 0.327 e.